The van der Waals surface area contributed by atoms with Crippen molar-refractivity contribution in [3.8, 4) is 5.75 Å². The third kappa shape index (κ3) is 3.52. The van der Waals surface area contributed by atoms with Crippen LogP contribution in [0.4, 0.5) is 0 Å². The summed E-state index contributed by atoms with van der Waals surface area (Å²) in [5.74, 6) is 3.09. The number of ether oxygens (including phenoxy) is 1. The molecule has 1 aliphatic heterocycles. The SMILES string of the molecule is CC(C)(C)[Si](C)(C)Oc1ccc2c(c1)CC[C@@H]1[C@@H]2CC[C@@]2(C)[C@H]1CC[C@@]2(O)C[C@H]1CO1. The second kappa shape index (κ2) is 7.08. The summed E-state index contributed by atoms with van der Waals surface area (Å²) in [6, 6.07) is 6.98. The van der Waals surface area contributed by atoms with Gasteiger partial charge in [-0.25, -0.2) is 0 Å². The first-order valence-corrected chi connectivity index (χ1v) is 15.5. The lowest BCUT2D eigenvalue weighted by molar-refractivity contribution is -0.110. The number of hydrogen-bond donors (Lipinski definition) is 1. The average molecular weight is 443 g/mol. The molecule has 4 aliphatic rings. The van der Waals surface area contributed by atoms with Crippen LogP contribution in [0, 0.1) is 17.3 Å². The van der Waals surface area contributed by atoms with Crippen molar-refractivity contribution < 1.29 is 14.3 Å². The minimum Gasteiger partial charge on any atom is -0.543 e. The van der Waals surface area contributed by atoms with Crippen LogP contribution in [-0.4, -0.2) is 31.7 Å². The van der Waals surface area contributed by atoms with Gasteiger partial charge in [-0.2, -0.15) is 0 Å². The van der Waals surface area contributed by atoms with Crippen LogP contribution in [0.25, 0.3) is 0 Å². The number of aryl methyl sites for hydroxylation is 1. The van der Waals surface area contributed by atoms with Crippen LogP contribution in [0.1, 0.15) is 83.3 Å². The molecule has 1 heterocycles. The van der Waals surface area contributed by atoms with Gasteiger partial charge in [0.25, 0.3) is 0 Å². The molecule has 6 atom stereocenters. The molecule has 31 heavy (non-hydrogen) atoms. The predicted octanol–water partition coefficient (Wildman–Crippen LogP) is 6.45. The summed E-state index contributed by atoms with van der Waals surface area (Å²) >= 11 is 0. The van der Waals surface area contributed by atoms with Gasteiger partial charge >= 0.3 is 0 Å². The van der Waals surface area contributed by atoms with Crippen molar-refractivity contribution in [3.05, 3.63) is 29.3 Å². The summed E-state index contributed by atoms with van der Waals surface area (Å²) in [5.41, 5.74) is 2.62. The van der Waals surface area contributed by atoms with Gasteiger partial charge in [-0.1, -0.05) is 33.8 Å². The van der Waals surface area contributed by atoms with E-state index in [4.69, 9.17) is 9.16 Å². The standard InChI is InChI=1S/C27H42O3Si/c1-25(2,3)31(5,6)30-19-8-10-21-18(15-19)7-9-23-22(21)11-13-26(4)24(23)12-14-27(26,28)16-20-17-29-20/h8,10,15,20,22-24,28H,7,9,11-14,16-17H2,1-6H3/t20-,22+,23+,24-,26-,27+/m0/s1. The molecule has 0 amide bonds. The molecule has 5 rings (SSSR count). The molecule has 1 N–H and O–H groups in total. The maximum absolute atomic E-state index is 11.7. The molecular formula is C27H42O3Si. The average Bonchev–Trinajstić information content (AvgIpc) is 3.44. The molecular weight excluding hydrogens is 400 g/mol. The highest BCUT2D eigenvalue weighted by Crippen LogP contribution is 2.65. The van der Waals surface area contributed by atoms with E-state index in [0.717, 1.165) is 38.0 Å². The Morgan fingerprint density at radius 1 is 1.16 bits per heavy atom. The monoisotopic (exact) mass is 442 g/mol. The van der Waals surface area contributed by atoms with Gasteiger partial charge in [-0.05, 0) is 103 Å². The third-order valence-corrected chi connectivity index (χ3v) is 14.5. The number of hydrogen-bond acceptors (Lipinski definition) is 3. The van der Waals surface area contributed by atoms with Crippen LogP contribution in [0.2, 0.25) is 18.1 Å². The Morgan fingerprint density at radius 2 is 1.90 bits per heavy atom. The van der Waals surface area contributed by atoms with E-state index >= 15 is 0 Å². The zero-order chi connectivity index (χ0) is 22.2. The number of benzene rings is 1. The molecule has 0 bridgehead atoms. The Labute approximate surface area is 190 Å². The van der Waals surface area contributed by atoms with Crippen LogP contribution in [0.3, 0.4) is 0 Å². The first kappa shape index (κ1) is 22.0. The van der Waals surface area contributed by atoms with Gasteiger partial charge < -0.3 is 14.3 Å². The first-order chi connectivity index (χ1) is 14.4. The minimum atomic E-state index is -1.82. The molecule has 3 aliphatic carbocycles. The van der Waals surface area contributed by atoms with Crippen molar-refractivity contribution in [1.29, 1.82) is 0 Å². The van der Waals surface area contributed by atoms with E-state index in [-0.39, 0.29) is 10.5 Å². The van der Waals surface area contributed by atoms with Gasteiger partial charge in [0, 0.05) is 6.42 Å². The number of aliphatic hydroxyl groups is 1. The van der Waals surface area contributed by atoms with Crippen LogP contribution < -0.4 is 4.43 Å². The van der Waals surface area contributed by atoms with Gasteiger partial charge in [0.05, 0.1) is 18.3 Å². The largest absolute Gasteiger partial charge is 0.543 e. The van der Waals surface area contributed by atoms with Crippen molar-refractivity contribution in [2.24, 2.45) is 17.3 Å². The zero-order valence-electron chi connectivity index (χ0n) is 20.5. The second-order valence-electron chi connectivity index (χ2n) is 12.8. The van der Waals surface area contributed by atoms with E-state index in [1.165, 1.54) is 24.8 Å². The maximum Gasteiger partial charge on any atom is 0.250 e. The lowest BCUT2D eigenvalue weighted by atomic mass is 9.53. The molecule has 1 saturated heterocycles. The van der Waals surface area contributed by atoms with E-state index in [2.05, 4.69) is 59.0 Å². The normalized spacial score (nSPS) is 39.5. The molecule has 0 unspecified atom stereocenters. The smallest absolute Gasteiger partial charge is 0.250 e. The summed E-state index contributed by atoms with van der Waals surface area (Å²) in [4.78, 5) is 0. The highest BCUT2D eigenvalue weighted by Gasteiger charge is 2.62. The molecule has 3 nitrogen and oxygen atoms in total. The Bertz CT molecular complexity index is 855. The van der Waals surface area contributed by atoms with Gasteiger partial charge in [0.1, 0.15) is 5.75 Å². The Balaban J connectivity index is 1.37. The summed E-state index contributed by atoms with van der Waals surface area (Å²) in [6.45, 7) is 14.8. The van der Waals surface area contributed by atoms with Crippen LogP contribution in [0.5, 0.6) is 5.75 Å². The molecule has 3 fully saturated rings. The summed E-state index contributed by atoms with van der Waals surface area (Å²) in [5, 5.41) is 11.9. The van der Waals surface area contributed by atoms with Crippen molar-refractivity contribution >= 4 is 8.32 Å². The number of rotatable bonds is 4. The molecule has 1 aromatic carbocycles. The van der Waals surface area contributed by atoms with Gasteiger partial charge in [-0.15, -0.1) is 0 Å². The lowest BCUT2D eigenvalue weighted by Crippen LogP contribution is -2.51. The molecule has 1 aromatic rings. The van der Waals surface area contributed by atoms with E-state index in [0.29, 0.717) is 23.9 Å². The van der Waals surface area contributed by atoms with Crippen LogP contribution >= 0.6 is 0 Å². The zero-order valence-corrected chi connectivity index (χ0v) is 21.5. The highest BCUT2D eigenvalue weighted by atomic mass is 28.4. The highest BCUT2D eigenvalue weighted by molar-refractivity contribution is 6.74. The van der Waals surface area contributed by atoms with E-state index in [1.54, 1.807) is 5.56 Å². The third-order valence-electron chi connectivity index (χ3n) is 10.2. The molecule has 0 radical (unpaired) electrons. The summed E-state index contributed by atoms with van der Waals surface area (Å²) in [7, 11) is -1.82. The summed E-state index contributed by atoms with van der Waals surface area (Å²) < 4.78 is 12.1. The second-order valence-corrected chi connectivity index (χ2v) is 17.5. The quantitative estimate of drug-likeness (QED) is 0.430. The lowest BCUT2D eigenvalue weighted by Gasteiger charge is -2.53. The van der Waals surface area contributed by atoms with Gasteiger partial charge in [0.2, 0.25) is 8.32 Å². The van der Waals surface area contributed by atoms with E-state index in [1.807, 2.05) is 0 Å². The fraction of sp³-hybridized carbons (Fsp3) is 0.778. The minimum absolute atomic E-state index is 0.0585. The van der Waals surface area contributed by atoms with Crippen molar-refractivity contribution in [1.82, 2.24) is 0 Å². The molecule has 0 spiro atoms. The fourth-order valence-corrected chi connectivity index (χ4v) is 8.10. The van der Waals surface area contributed by atoms with Crippen molar-refractivity contribution in [2.45, 2.75) is 108 Å². The van der Waals surface area contributed by atoms with Crippen molar-refractivity contribution in [2.75, 3.05) is 6.61 Å². The molecule has 4 heteroatoms. The maximum atomic E-state index is 11.7. The van der Waals surface area contributed by atoms with Gasteiger partial charge in [0.15, 0.2) is 0 Å². The first-order valence-electron chi connectivity index (χ1n) is 12.6. The van der Waals surface area contributed by atoms with Crippen molar-refractivity contribution in [3.63, 3.8) is 0 Å². The van der Waals surface area contributed by atoms with Gasteiger partial charge in [-0.3, -0.25) is 0 Å². The van der Waals surface area contributed by atoms with E-state index in [9.17, 15) is 5.11 Å². The Hall–Kier alpha value is -0.843. The number of epoxide rings is 1. The fourth-order valence-electron chi connectivity index (χ4n) is 7.08. The summed E-state index contributed by atoms with van der Waals surface area (Å²) in [6.07, 6.45) is 8.07. The van der Waals surface area contributed by atoms with E-state index < -0.39 is 13.9 Å². The Morgan fingerprint density at radius 3 is 2.58 bits per heavy atom. The predicted molar refractivity (Wildman–Crippen MR) is 128 cm³/mol. The molecule has 2 saturated carbocycles. The Kier molecular flexibility index (Phi) is 5.02. The molecule has 0 aromatic heterocycles. The van der Waals surface area contributed by atoms with Crippen LogP contribution in [-0.2, 0) is 11.2 Å². The topological polar surface area (TPSA) is 42.0 Å². The number of fused-ring (bicyclic) bond motifs is 5. The van der Waals surface area contributed by atoms with Crippen LogP contribution in [0.15, 0.2) is 18.2 Å². The molecule has 172 valence electrons.